The maximum Gasteiger partial charge on any atom is 0.246 e. The van der Waals surface area contributed by atoms with Gasteiger partial charge in [-0.15, -0.1) is 10.2 Å². The highest BCUT2D eigenvalue weighted by Crippen LogP contribution is 2.52. The van der Waals surface area contributed by atoms with E-state index in [1.54, 1.807) is 0 Å². The lowest BCUT2D eigenvalue weighted by molar-refractivity contribution is -0.143. The van der Waals surface area contributed by atoms with Crippen molar-refractivity contribution in [3.05, 3.63) is 17.2 Å². The van der Waals surface area contributed by atoms with Gasteiger partial charge in [0.25, 0.3) is 0 Å². The second kappa shape index (κ2) is 6.57. The third-order valence-electron chi connectivity index (χ3n) is 5.89. The van der Waals surface area contributed by atoms with Gasteiger partial charge < -0.3 is 0 Å². The maximum atomic E-state index is 12.6. The molecular weight excluding hydrogens is 352 g/mol. The molecule has 3 aliphatic rings. The molecule has 1 aliphatic heterocycles. The molecule has 2 bridgehead atoms. The minimum absolute atomic E-state index is 0.153. The van der Waals surface area contributed by atoms with Gasteiger partial charge in [0.1, 0.15) is 11.6 Å². The summed E-state index contributed by atoms with van der Waals surface area (Å²) in [6.45, 7) is 3.94. The highest BCUT2D eigenvalue weighted by molar-refractivity contribution is 7.15. The van der Waals surface area contributed by atoms with Gasteiger partial charge in [-0.2, -0.15) is 0 Å². The number of allylic oxidation sites excluding steroid dienone is 2. The van der Waals surface area contributed by atoms with Gasteiger partial charge in [-0.25, -0.2) is 0 Å². The number of likely N-dealkylation sites (tertiary alicyclic amines) is 1. The summed E-state index contributed by atoms with van der Waals surface area (Å²) in [5, 5.41) is 12.2. The van der Waals surface area contributed by atoms with Crippen LogP contribution in [0.3, 0.4) is 0 Å². The minimum atomic E-state index is -0.403. The van der Waals surface area contributed by atoms with Crippen LogP contribution in [0.4, 0.5) is 5.13 Å². The van der Waals surface area contributed by atoms with Gasteiger partial charge >= 0.3 is 0 Å². The van der Waals surface area contributed by atoms with Crippen LogP contribution in [0, 0.1) is 23.7 Å². The van der Waals surface area contributed by atoms with Crippen LogP contribution in [-0.4, -0.2) is 39.4 Å². The van der Waals surface area contributed by atoms with Crippen LogP contribution in [0.25, 0.3) is 0 Å². The topological polar surface area (TPSA) is 92.3 Å². The van der Waals surface area contributed by atoms with E-state index in [1.165, 1.54) is 11.3 Å². The average Bonchev–Trinajstić information content (AvgIpc) is 3.38. The fraction of sp³-hybridized carbons (Fsp3) is 0.611. The minimum Gasteiger partial charge on any atom is -0.299 e. The molecule has 2 heterocycles. The largest absolute Gasteiger partial charge is 0.299 e. The average molecular weight is 374 g/mol. The Hall–Kier alpha value is -2.09. The molecule has 138 valence electrons. The second-order valence-electron chi connectivity index (χ2n) is 7.27. The van der Waals surface area contributed by atoms with E-state index in [4.69, 9.17) is 0 Å². The van der Waals surface area contributed by atoms with E-state index in [2.05, 4.69) is 29.4 Å². The molecular formula is C18H22N4O3S. The molecule has 1 N–H and O–H groups in total. The monoisotopic (exact) mass is 374 g/mol. The molecule has 1 saturated heterocycles. The Morgan fingerprint density at radius 1 is 1.19 bits per heavy atom. The third kappa shape index (κ3) is 2.67. The van der Waals surface area contributed by atoms with E-state index in [0.29, 0.717) is 11.0 Å². The van der Waals surface area contributed by atoms with Gasteiger partial charge in [0.2, 0.25) is 22.9 Å². The Morgan fingerprint density at radius 3 is 2.38 bits per heavy atom. The number of nitrogens with one attached hydrogen (secondary N) is 1. The molecule has 1 aromatic rings. The van der Waals surface area contributed by atoms with Crippen LogP contribution in [0.2, 0.25) is 0 Å². The van der Waals surface area contributed by atoms with Crippen molar-refractivity contribution in [2.75, 3.05) is 11.9 Å². The Labute approximate surface area is 155 Å². The van der Waals surface area contributed by atoms with E-state index in [-0.39, 0.29) is 42.0 Å². The summed E-state index contributed by atoms with van der Waals surface area (Å²) in [6.07, 6.45) is 6.91. The molecule has 0 unspecified atom stereocenters. The molecule has 0 spiro atoms. The number of carbonyl (C=O) groups excluding carboxylic acids is 3. The highest BCUT2D eigenvalue weighted by atomic mass is 32.1. The van der Waals surface area contributed by atoms with Gasteiger partial charge in [0, 0.05) is 5.92 Å². The predicted molar refractivity (Wildman–Crippen MR) is 96.3 cm³/mol. The van der Waals surface area contributed by atoms with Crippen LogP contribution in [0.15, 0.2) is 12.2 Å². The quantitative estimate of drug-likeness (QED) is 0.609. The molecule has 0 aromatic carbocycles. The first kappa shape index (κ1) is 17.3. The van der Waals surface area contributed by atoms with Crippen LogP contribution >= 0.6 is 11.3 Å². The zero-order chi connectivity index (χ0) is 18.4. The van der Waals surface area contributed by atoms with Crippen molar-refractivity contribution in [2.45, 2.75) is 39.0 Å². The maximum absolute atomic E-state index is 12.6. The summed E-state index contributed by atoms with van der Waals surface area (Å²) in [7, 11) is 0. The van der Waals surface area contributed by atoms with Gasteiger partial charge in [-0.05, 0) is 31.1 Å². The number of anilines is 1. The van der Waals surface area contributed by atoms with Crippen LogP contribution in [-0.2, 0) is 14.4 Å². The standard InChI is InChI=1S/C18H22N4O3S/c1-3-9(4-2)15-20-21-18(26-15)19-12(23)8-22-16(24)13-10-5-6-11(7-10)14(13)17(22)25/h5-6,9-11,13-14H,3-4,7-8H2,1-2H3,(H,19,21,23)/t10-,11-,13+,14+/m0/s1. The molecule has 8 heteroatoms. The fourth-order valence-corrected chi connectivity index (χ4v) is 5.54. The summed E-state index contributed by atoms with van der Waals surface area (Å²) < 4.78 is 0. The lowest BCUT2D eigenvalue weighted by atomic mass is 9.85. The number of hydrogen-bond donors (Lipinski definition) is 1. The van der Waals surface area contributed by atoms with Crippen molar-refractivity contribution in [1.82, 2.24) is 15.1 Å². The second-order valence-corrected chi connectivity index (χ2v) is 8.28. The van der Waals surface area contributed by atoms with Crippen molar-refractivity contribution in [1.29, 1.82) is 0 Å². The number of hydrogen-bond acceptors (Lipinski definition) is 6. The first-order valence-electron chi connectivity index (χ1n) is 9.20. The molecule has 0 radical (unpaired) electrons. The number of imide groups is 1. The van der Waals surface area contributed by atoms with Crippen molar-refractivity contribution in [2.24, 2.45) is 23.7 Å². The number of fused-ring (bicyclic) bond motifs is 5. The van der Waals surface area contributed by atoms with Gasteiger partial charge in [0.05, 0.1) is 11.8 Å². The van der Waals surface area contributed by atoms with Crippen molar-refractivity contribution < 1.29 is 14.4 Å². The molecule has 1 saturated carbocycles. The van der Waals surface area contributed by atoms with Crippen LogP contribution < -0.4 is 5.32 Å². The predicted octanol–water partition coefficient (Wildman–Crippen LogP) is 2.19. The van der Waals surface area contributed by atoms with E-state index in [0.717, 1.165) is 29.2 Å². The molecule has 4 atom stereocenters. The first-order valence-corrected chi connectivity index (χ1v) is 10.0. The molecule has 26 heavy (non-hydrogen) atoms. The van der Waals surface area contributed by atoms with Gasteiger partial charge in [-0.1, -0.05) is 37.3 Å². The lowest BCUT2D eigenvalue weighted by Gasteiger charge is -2.16. The normalized spacial score (nSPS) is 29.1. The highest BCUT2D eigenvalue weighted by Gasteiger charge is 2.59. The van der Waals surface area contributed by atoms with Crippen LogP contribution in [0.5, 0.6) is 0 Å². The molecule has 2 fully saturated rings. The number of aromatic nitrogens is 2. The molecule has 4 rings (SSSR count). The fourth-order valence-electron chi connectivity index (χ4n) is 4.51. The molecule has 7 nitrogen and oxygen atoms in total. The van der Waals surface area contributed by atoms with E-state index in [9.17, 15) is 14.4 Å². The number of nitrogens with zero attached hydrogens (tertiary/aromatic N) is 3. The van der Waals surface area contributed by atoms with Crippen LogP contribution in [0.1, 0.15) is 44.0 Å². The van der Waals surface area contributed by atoms with Crippen molar-refractivity contribution in [3.63, 3.8) is 0 Å². The van der Waals surface area contributed by atoms with Gasteiger partial charge in [0.15, 0.2) is 0 Å². The van der Waals surface area contributed by atoms with Crippen molar-refractivity contribution in [3.8, 4) is 0 Å². The summed E-state index contributed by atoms with van der Waals surface area (Å²) >= 11 is 1.35. The number of rotatable bonds is 6. The van der Waals surface area contributed by atoms with Crippen molar-refractivity contribution >= 4 is 34.2 Å². The lowest BCUT2D eigenvalue weighted by Crippen LogP contribution is -2.39. The van der Waals surface area contributed by atoms with E-state index in [1.807, 2.05) is 12.2 Å². The summed E-state index contributed by atoms with van der Waals surface area (Å²) in [6, 6.07) is 0. The first-order chi connectivity index (χ1) is 12.5. The Kier molecular flexibility index (Phi) is 4.38. The summed E-state index contributed by atoms with van der Waals surface area (Å²) in [5.41, 5.74) is 0. The SMILES string of the molecule is CCC(CC)c1nnc(NC(=O)CN2C(=O)[C@H]3[C@H](C2=O)[C@H]2C=C[C@H]3C2)s1. The molecule has 3 amide bonds. The molecule has 1 aromatic heterocycles. The molecule has 2 aliphatic carbocycles. The Morgan fingerprint density at radius 2 is 1.81 bits per heavy atom. The van der Waals surface area contributed by atoms with Gasteiger partial charge in [-0.3, -0.25) is 24.6 Å². The number of carbonyl (C=O) groups is 3. The zero-order valence-electron chi connectivity index (χ0n) is 14.8. The third-order valence-corrected chi connectivity index (χ3v) is 6.89. The van der Waals surface area contributed by atoms with E-state index >= 15 is 0 Å². The zero-order valence-corrected chi connectivity index (χ0v) is 15.7. The van der Waals surface area contributed by atoms with E-state index < -0.39 is 5.91 Å². The summed E-state index contributed by atoms with van der Waals surface area (Å²) in [4.78, 5) is 38.7. The summed E-state index contributed by atoms with van der Waals surface area (Å²) in [5.74, 6) is -0.715. The number of amides is 3. The Balaban J connectivity index is 1.40. The Bertz CT molecular complexity index is 755. The smallest absolute Gasteiger partial charge is 0.246 e.